The molecule has 132 valence electrons. The Morgan fingerprint density at radius 1 is 1.00 bits per heavy atom. The van der Waals surface area contributed by atoms with Crippen molar-refractivity contribution in [3.63, 3.8) is 0 Å². The van der Waals surface area contributed by atoms with E-state index in [0.29, 0.717) is 5.56 Å². The summed E-state index contributed by atoms with van der Waals surface area (Å²) in [6.45, 7) is 0. The van der Waals surface area contributed by atoms with Gasteiger partial charge in [0, 0.05) is 15.7 Å². The second-order valence-electron chi connectivity index (χ2n) is 4.92. The lowest BCUT2D eigenvalue weighted by Crippen LogP contribution is -2.56. The minimum absolute atomic E-state index is 0.201. The van der Waals surface area contributed by atoms with Crippen LogP contribution in [0.25, 0.3) is 0 Å². The lowest BCUT2D eigenvalue weighted by molar-refractivity contribution is 0.0934. The molecule has 2 aromatic rings. The van der Waals surface area contributed by atoms with Gasteiger partial charge in [-0.1, -0.05) is 68.9 Å². The van der Waals surface area contributed by atoms with Crippen LogP contribution in [0.3, 0.4) is 0 Å². The Morgan fingerprint density at radius 2 is 1.60 bits per heavy atom. The summed E-state index contributed by atoms with van der Waals surface area (Å²) in [5, 5.41) is 8.58. The molecule has 25 heavy (non-hydrogen) atoms. The number of benzene rings is 2. The van der Waals surface area contributed by atoms with Gasteiger partial charge in [0.15, 0.2) is 5.11 Å². The lowest BCUT2D eigenvalue weighted by atomic mass is 10.2. The Labute approximate surface area is 174 Å². The topological polar surface area (TPSA) is 53.2 Å². The van der Waals surface area contributed by atoms with Crippen LogP contribution in [-0.4, -0.2) is 21.0 Å². The summed E-state index contributed by atoms with van der Waals surface area (Å²) < 4.78 is -0.873. The van der Waals surface area contributed by atoms with Crippen molar-refractivity contribution in [2.75, 3.05) is 5.32 Å². The first-order valence-electron chi connectivity index (χ1n) is 7.01. The van der Waals surface area contributed by atoms with Gasteiger partial charge in [-0.15, -0.1) is 0 Å². The third-order valence-electron chi connectivity index (χ3n) is 3.02. The van der Waals surface area contributed by atoms with Crippen LogP contribution in [0, 0.1) is 0 Å². The fraction of sp³-hybridized carbons (Fsp3) is 0.125. The summed E-state index contributed by atoms with van der Waals surface area (Å²) in [4.78, 5) is 12.3. The maximum atomic E-state index is 12.3. The number of halogens is 4. The van der Waals surface area contributed by atoms with Crippen molar-refractivity contribution in [1.29, 1.82) is 0 Å². The highest BCUT2D eigenvalue weighted by atomic mass is 79.9. The van der Waals surface area contributed by atoms with Gasteiger partial charge >= 0.3 is 0 Å². The molecule has 4 nitrogen and oxygen atoms in total. The molecule has 0 saturated heterocycles. The molecule has 2 aromatic carbocycles. The van der Waals surface area contributed by atoms with E-state index in [9.17, 15) is 4.79 Å². The van der Waals surface area contributed by atoms with Gasteiger partial charge in [0.05, 0.1) is 0 Å². The van der Waals surface area contributed by atoms with Crippen molar-refractivity contribution in [3.8, 4) is 0 Å². The van der Waals surface area contributed by atoms with E-state index in [0.717, 1.165) is 10.2 Å². The van der Waals surface area contributed by atoms with Gasteiger partial charge in [0.1, 0.15) is 6.17 Å². The average Bonchev–Trinajstić information content (AvgIpc) is 2.56. The number of carbonyl (C=O) groups excluding carboxylic acids is 1. The fourth-order valence-corrected chi connectivity index (χ4v) is 2.66. The largest absolute Gasteiger partial charge is 0.339 e. The Kier molecular flexibility index (Phi) is 7.34. The molecule has 9 heteroatoms. The smallest absolute Gasteiger partial charge is 0.252 e. The highest BCUT2D eigenvalue weighted by Crippen LogP contribution is 2.29. The van der Waals surface area contributed by atoms with E-state index in [2.05, 4.69) is 31.9 Å². The molecule has 0 fully saturated rings. The van der Waals surface area contributed by atoms with Crippen LogP contribution in [0.15, 0.2) is 59.1 Å². The first-order chi connectivity index (χ1) is 11.8. The number of anilines is 1. The zero-order valence-corrected chi connectivity index (χ0v) is 17.3. The first kappa shape index (κ1) is 20.3. The van der Waals surface area contributed by atoms with Gasteiger partial charge in [-0.2, -0.15) is 0 Å². The second-order valence-corrected chi connectivity index (χ2v) is 8.61. The number of hydrogen-bond acceptors (Lipinski definition) is 2. The molecule has 0 aliphatic rings. The number of carbonyl (C=O) groups is 1. The van der Waals surface area contributed by atoms with E-state index in [1.165, 1.54) is 0 Å². The average molecular weight is 482 g/mol. The van der Waals surface area contributed by atoms with Crippen LogP contribution in [-0.2, 0) is 0 Å². The molecular formula is C16H13BrCl3N3OS. The van der Waals surface area contributed by atoms with E-state index in [-0.39, 0.29) is 5.11 Å². The highest BCUT2D eigenvalue weighted by molar-refractivity contribution is 9.10. The summed E-state index contributed by atoms with van der Waals surface area (Å²) in [6.07, 6.45) is -1.03. The first-order valence-corrected chi connectivity index (χ1v) is 9.35. The van der Waals surface area contributed by atoms with Gasteiger partial charge in [0.2, 0.25) is 3.79 Å². The number of amides is 1. The monoisotopic (exact) mass is 479 g/mol. The standard InChI is InChI=1S/C16H13BrCl3N3OS/c17-11-6-8-12(9-7-11)21-15(25)23-14(16(18,19)20)22-13(24)10-4-2-1-3-5-10/h1-9,14H,(H,22,24)(H2,21,23,25). The molecule has 0 radical (unpaired) electrons. The number of hydrogen-bond donors (Lipinski definition) is 3. The number of rotatable bonds is 4. The van der Waals surface area contributed by atoms with Gasteiger partial charge < -0.3 is 16.0 Å². The molecule has 1 amide bonds. The number of alkyl halides is 3. The zero-order valence-electron chi connectivity index (χ0n) is 12.6. The van der Waals surface area contributed by atoms with Crippen molar-refractivity contribution < 1.29 is 4.79 Å². The van der Waals surface area contributed by atoms with Crippen LogP contribution < -0.4 is 16.0 Å². The molecule has 0 saturated carbocycles. The molecule has 0 bridgehead atoms. The van der Waals surface area contributed by atoms with Crippen LogP contribution in [0.2, 0.25) is 0 Å². The summed E-state index contributed by atoms with van der Waals surface area (Å²) in [6, 6.07) is 16.0. The predicted molar refractivity (Wildman–Crippen MR) is 111 cm³/mol. The SMILES string of the molecule is O=C(NC(NC(=S)Nc1ccc(Br)cc1)C(Cl)(Cl)Cl)c1ccccc1. The van der Waals surface area contributed by atoms with Crippen LogP contribution in [0.4, 0.5) is 5.69 Å². The van der Waals surface area contributed by atoms with E-state index in [1.807, 2.05) is 24.3 Å². The summed E-state index contributed by atoms with van der Waals surface area (Å²) >= 11 is 26.4. The lowest BCUT2D eigenvalue weighted by Gasteiger charge is -2.27. The molecule has 0 spiro atoms. The van der Waals surface area contributed by atoms with Gasteiger partial charge in [-0.3, -0.25) is 4.79 Å². The molecule has 1 atom stereocenters. The predicted octanol–water partition coefficient (Wildman–Crippen LogP) is 4.86. The maximum absolute atomic E-state index is 12.3. The minimum atomic E-state index is -1.81. The quantitative estimate of drug-likeness (QED) is 0.332. The van der Waals surface area contributed by atoms with Crippen molar-refractivity contribution >= 4 is 79.7 Å². The van der Waals surface area contributed by atoms with Crippen LogP contribution in [0.1, 0.15) is 10.4 Å². The molecule has 0 aromatic heterocycles. The van der Waals surface area contributed by atoms with E-state index in [1.54, 1.807) is 30.3 Å². The summed E-state index contributed by atoms with van der Waals surface area (Å²) in [5.74, 6) is -0.393. The second kappa shape index (κ2) is 9.05. The fourth-order valence-electron chi connectivity index (χ4n) is 1.84. The Balaban J connectivity index is 2.03. The summed E-state index contributed by atoms with van der Waals surface area (Å²) in [7, 11) is 0. The van der Waals surface area contributed by atoms with Crippen molar-refractivity contribution in [3.05, 3.63) is 64.6 Å². The molecule has 0 heterocycles. The molecular weight excluding hydrogens is 469 g/mol. The summed E-state index contributed by atoms with van der Waals surface area (Å²) in [5.41, 5.74) is 1.19. The maximum Gasteiger partial charge on any atom is 0.252 e. The molecule has 2 rings (SSSR count). The Morgan fingerprint density at radius 3 is 2.16 bits per heavy atom. The third-order valence-corrected chi connectivity index (χ3v) is 4.42. The van der Waals surface area contributed by atoms with Gasteiger partial charge in [-0.05, 0) is 48.6 Å². The molecule has 1 unspecified atom stereocenters. The molecule has 0 aliphatic carbocycles. The number of thiocarbonyl (C=S) groups is 1. The van der Waals surface area contributed by atoms with E-state index in [4.69, 9.17) is 47.0 Å². The van der Waals surface area contributed by atoms with Crippen molar-refractivity contribution in [1.82, 2.24) is 10.6 Å². The Bertz CT molecular complexity index is 739. The third kappa shape index (κ3) is 6.64. The van der Waals surface area contributed by atoms with Crippen molar-refractivity contribution in [2.45, 2.75) is 9.96 Å². The normalized spacial score (nSPS) is 12.2. The van der Waals surface area contributed by atoms with Crippen molar-refractivity contribution in [2.24, 2.45) is 0 Å². The van der Waals surface area contributed by atoms with Crippen LogP contribution in [0.5, 0.6) is 0 Å². The zero-order chi connectivity index (χ0) is 18.4. The van der Waals surface area contributed by atoms with Gasteiger partial charge in [0.25, 0.3) is 5.91 Å². The highest BCUT2D eigenvalue weighted by Gasteiger charge is 2.34. The Hall–Kier alpha value is -1.05. The van der Waals surface area contributed by atoms with E-state index >= 15 is 0 Å². The van der Waals surface area contributed by atoms with Crippen LogP contribution >= 0.6 is 63.0 Å². The van der Waals surface area contributed by atoms with Gasteiger partial charge in [-0.25, -0.2) is 0 Å². The minimum Gasteiger partial charge on any atom is -0.339 e. The molecule has 0 aliphatic heterocycles. The molecule has 3 N–H and O–H groups in total. The number of nitrogens with one attached hydrogen (secondary N) is 3. The van der Waals surface area contributed by atoms with E-state index < -0.39 is 15.9 Å².